The minimum atomic E-state index is -4.60. The topological polar surface area (TPSA) is 103 Å². The molecule has 0 atom stereocenters. The largest absolute Gasteiger partial charge is 0.480 e. The van der Waals surface area contributed by atoms with Gasteiger partial charge in [0.2, 0.25) is 11.8 Å². The van der Waals surface area contributed by atoms with Crippen molar-refractivity contribution in [3.8, 4) is 17.0 Å². The molecule has 2 heterocycles. The van der Waals surface area contributed by atoms with Crippen LogP contribution in [0.15, 0.2) is 52.6 Å². The van der Waals surface area contributed by atoms with Crippen LogP contribution < -0.4 is 14.9 Å². The molecule has 0 fully saturated rings. The molecule has 174 valence electrons. The molecule has 8 nitrogen and oxygen atoms in total. The monoisotopic (exact) mass is 480 g/mol. The van der Waals surface area contributed by atoms with Crippen molar-refractivity contribution in [3.05, 3.63) is 65.7 Å². The quantitative estimate of drug-likeness (QED) is 0.583. The van der Waals surface area contributed by atoms with Crippen LogP contribution in [0.5, 0.6) is 5.88 Å². The van der Waals surface area contributed by atoms with E-state index in [1.165, 1.54) is 32.6 Å². The Morgan fingerprint density at radius 2 is 1.91 bits per heavy atom. The molecule has 12 heteroatoms. The molecule has 0 saturated heterocycles. The highest BCUT2D eigenvalue weighted by Gasteiger charge is 2.23. The lowest BCUT2D eigenvalue weighted by molar-refractivity contribution is 0.0903. The number of nitrogens with zero attached hydrogens (tertiary/aromatic N) is 3. The van der Waals surface area contributed by atoms with Crippen molar-refractivity contribution in [1.82, 2.24) is 9.55 Å². The molecule has 0 aliphatic rings. The molecule has 0 saturated carbocycles. The van der Waals surface area contributed by atoms with Gasteiger partial charge in [0, 0.05) is 43.1 Å². The highest BCUT2D eigenvalue weighted by molar-refractivity contribution is 7.92. The summed E-state index contributed by atoms with van der Waals surface area (Å²) >= 11 is 0. The first kappa shape index (κ1) is 24.0. The Hall–Kier alpha value is -3.67. The highest BCUT2D eigenvalue weighted by atomic mass is 32.2. The summed E-state index contributed by atoms with van der Waals surface area (Å²) in [6, 6.07) is 4.23. The fourth-order valence-electron chi connectivity index (χ4n) is 2.99. The summed E-state index contributed by atoms with van der Waals surface area (Å²) in [6.07, 6.45) is 2.56. The van der Waals surface area contributed by atoms with E-state index in [1.54, 1.807) is 6.92 Å². The van der Waals surface area contributed by atoms with E-state index < -0.39 is 32.4 Å². The molecule has 1 N–H and O–H groups in total. The number of nitrogens with one attached hydrogen (secondary N) is 1. The second kappa shape index (κ2) is 9.45. The lowest BCUT2D eigenvalue weighted by Gasteiger charge is -2.14. The molecule has 0 spiro atoms. The Kier molecular flexibility index (Phi) is 6.86. The van der Waals surface area contributed by atoms with Gasteiger partial charge in [-0.25, -0.2) is 26.6 Å². The lowest BCUT2D eigenvalue weighted by atomic mass is 10.1. The molecule has 0 bridgehead atoms. The fourth-order valence-corrected chi connectivity index (χ4v) is 4.13. The number of hydrogen-bond acceptors (Lipinski definition) is 6. The summed E-state index contributed by atoms with van der Waals surface area (Å²) in [5, 5.41) is 0. The van der Waals surface area contributed by atoms with Crippen molar-refractivity contribution < 1.29 is 31.1 Å². The van der Waals surface area contributed by atoms with Crippen LogP contribution in [-0.4, -0.2) is 38.0 Å². The highest BCUT2D eigenvalue weighted by Crippen LogP contribution is 2.31. The molecule has 33 heavy (non-hydrogen) atoms. The maximum Gasteiger partial charge on any atom is 0.265 e. The summed E-state index contributed by atoms with van der Waals surface area (Å²) in [5.74, 6) is -3.41. The minimum absolute atomic E-state index is 0.0725. The van der Waals surface area contributed by atoms with Gasteiger partial charge in [-0.05, 0) is 24.3 Å². The zero-order valence-corrected chi connectivity index (χ0v) is 18.6. The van der Waals surface area contributed by atoms with Crippen molar-refractivity contribution >= 4 is 21.6 Å². The molecule has 3 rings (SSSR count). The number of rotatable bonds is 6. The first-order chi connectivity index (χ1) is 15.6. The maximum atomic E-state index is 14.8. The van der Waals surface area contributed by atoms with Crippen LogP contribution in [0.1, 0.15) is 18.1 Å². The third-order valence-corrected chi connectivity index (χ3v) is 5.98. The number of halogens is 3. The van der Waals surface area contributed by atoms with Gasteiger partial charge in [-0.3, -0.25) is 19.1 Å². The smallest absolute Gasteiger partial charge is 0.265 e. The van der Waals surface area contributed by atoms with Crippen LogP contribution in [-0.2, 0) is 10.0 Å². The summed E-state index contributed by atoms with van der Waals surface area (Å²) < 4.78 is 76.0. The number of ether oxygens (including phenoxy) is 1. The van der Waals surface area contributed by atoms with E-state index in [1.807, 2.05) is 0 Å². The number of methoxy groups -OCH3 is 1. The third-order valence-electron chi connectivity index (χ3n) is 4.60. The van der Waals surface area contributed by atoms with Gasteiger partial charge in [0.25, 0.3) is 10.0 Å². The maximum absolute atomic E-state index is 14.8. The number of pyridine rings is 2. The molecule has 3 aromatic rings. The van der Waals surface area contributed by atoms with Gasteiger partial charge in [-0.15, -0.1) is 0 Å². The molecule has 1 aromatic carbocycles. The number of benzene rings is 1. The van der Waals surface area contributed by atoms with Crippen LogP contribution in [0.25, 0.3) is 11.1 Å². The predicted octanol–water partition coefficient (Wildman–Crippen LogP) is 3.36. The van der Waals surface area contributed by atoms with Crippen LogP contribution in [0.2, 0.25) is 0 Å². The van der Waals surface area contributed by atoms with Gasteiger partial charge in [0.05, 0.1) is 7.11 Å². The van der Waals surface area contributed by atoms with Crippen LogP contribution >= 0.6 is 0 Å². The number of anilines is 1. The first-order valence-electron chi connectivity index (χ1n) is 9.51. The number of carbonyl (C=O) groups is 1. The Morgan fingerprint density at radius 1 is 1.18 bits per heavy atom. The van der Waals surface area contributed by atoms with Crippen molar-refractivity contribution in [1.29, 1.82) is 0 Å². The van der Waals surface area contributed by atoms with E-state index in [-0.39, 0.29) is 40.5 Å². The second-order valence-corrected chi connectivity index (χ2v) is 8.35. The minimum Gasteiger partial charge on any atom is -0.480 e. The van der Waals surface area contributed by atoms with Crippen molar-refractivity contribution in [3.63, 3.8) is 0 Å². The van der Waals surface area contributed by atoms with Crippen LogP contribution in [0, 0.1) is 17.5 Å². The van der Waals surface area contributed by atoms with E-state index >= 15 is 0 Å². The zero-order chi connectivity index (χ0) is 24.3. The molecular formula is C21H19F3N4O4S. The zero-order valence-electron chi connectivity index (χ0n) is 17.8. The SMILES string of the molecule is CCC(=O)n1cc(-c2cnc(OC)c(NS(=O)(=O)c3cc(F)ccc3F)c2)c(F)cc1=NC. The number of sulfonamides is 1. The molecule has 0 unspecified atom stereocenters. The summed E-state index contributed by atoms with van der Waals surface area (Å²) in [4.78, 5) is 19.2. The number of aromatic nitrogens is 2. The first-order valence-corrected chi connectivity index (χ1v) is 11.0. The van der Waals surface area contributed by atoms with Gasteiger partial charge >= 0.3 is 0 Å². The van der Waals surface area contributed by atoms with Crippen molar-refractivity contribution in [2.24, 2.45) is 4.99 Å². The predicted molar refractivity (Wildman–Crippen MR) is 114 cm³/mol. The fraction of sp³-hybridized carbons (Fsp3) is 0.190. The number of carbonyl (C=O) groups excluding carboxylic acids is 1. The summed E-state index contributed by atoms with van der Waals surface area (Å²) in [5.41, 5.74) is -0.148. The van der Waals surface area contributed by atoms with Crippen LogP contribution in [0.4, 0.5) is 18.9 Å². The van der Waals surface area contributed by atoms with E-state index in [2.05, 4.69) is 14.7 Å². The van der Waals surface area contributed by atoms with Gasteiger partial charge in [0.15, 0.2) is 0 Å². The van der Waals surface area contributed by atoms with Crippen LogP contribution in [0.3, 0.4) is 0 Å². The second-order valence-electron chi connectivity index (χ2n) is 6.70. The Labute approximate surface area is 187 Å². The van der Waals surface area contributed by atoms with E-state index in [9.17, 15) is 26.4 Å². The standard InChI is InChI=1S/C21H19F3N4O4S/c1-4-20(29)28-11-14(16(24)9-19(28)25-2)12-7-17(21(32-3)26-10-12)27-33(30,31)18-8-13(22)5-6-15(18)23/h5-11,27H,4H2,1-3H3. The third kappa shape index (κ3) is 4.90. The van der Waals surface area contributed by atoms with E-state index in [0.29, 0.717) is 12.1 Å². The Balaban J connectivity index is 2.14. The molecular weight excluding hydrogens is 461 g/mol. The lowest BCUT2D eigenvalue weighted by Crippen LogP contribution is -2.27. The Morgan fingerprint density at radius 3 is 2.55 bits per heavy atom. The Bertz CT molecular complexity index is 1410. The summed E-state index contributed by atoms with van der Waals surface area (Å²) in [6.45, 7) is 1.63. The number of hydrogen-bond donors (Lipinski definition) is 1. The van der Waals surface area contributed by atoms with Gasteiger partial charge in [-0.2, -0.15) is 0 Å². The summed E-state index contributed by atoms with van der Waals surface area (Å²) in [7, 11) is -1.98. The average molecular weight is 480 g/mol. The van der Waals surface area contributed by atoms with Gasteiger partial charge in [0.1, 0.15) is 33.5 Å². The van der Waals surface area contributed by atoms with Gasteiger partial charge in [-0.1, -0.05) is 6.92 Å². The van der Waals surface area contributed by atoms with E-state index in [4.69, 9.17) is 4.74 Å². The molecule has 0 aliphatic carbocycles. The van der Waals surface area contributed by atoms with Crippen molar-refractivity contribution in [2.75, 3.05) is 18.9 Å². The average Bonchev–Trinajstić information content (AvgIpc) is 2.79. The molecule has 0 radical (unpaired) electrons. The van der Waals surface area contributed by atoms with Gasteiger partial charge < -0.3 is 4.74 Å². The molecule has 0 amide bonds. The van der Waals surface area contributed by atoms with E-state index in [0.717, 1.165) is 16.7 Å². The normalized spacial score (nSPS) is 12.0. The molecule has 2 aromatic heterocycles. The molecule has 0 aliphatic heterocycles. The van der Waals surface area contributed by atoms with Crippen molar-refractivity contribution in [2.45, 2.75) is 18.2 Å².